The molecule has 0 aliphatic heterocycles. The molecule has 1 N–H and O–H groups in total. The summed E-state index contributed by atoms with van der Waals surface area (Å²) in [5, 5.41) is 14.4. The summed E-state index contributed by atoms with van der Waals surface area (Å²) in [5.74, 6) is -2.18. The SMILES string of the molecule is [2H]O[C@]([2H])(CC(=O)[O-])C([2H])([2H])[N+](C([2H])([2H])[2H])(C([2H])([2H])[2H])C([2H])([2H])[2H]. The van der Waals surface area contributed by atoms with E-state index in [4.69, 9.17) is 17.9 Å². The Morgan fingerprint density at radius 1 is 2.00 bits per heavy atom. The highest BCUT2D eigenvalue weighted by atomic mass is 16.4. The fourth-order valence-electron chi connectivity index (χ4n) is 0.358. The molecule has 0 radical (unpaired) electrons. The Morgan fingerprint density at radius 2 is 2.64 bits per heavy atom. The molecule has 0 saturated carbocycles. The minimum atomic E-state index is -4.21. The predicted octanol–water partition coefficient (Wildman–Crippen LogP) is -1.81. The van der Waals surface area contributed by atoms with Gasteiger partial charge in [0.05, 0.1) is 37.4 Å². The first-order chi connectivity index (χ1) is 10.2. The van der Waals surface area contributed by atoms with E-state index in [2.05, 4.69) is 5.11 Å². The van der Waals surface area contributed by atoms with Crippen LogP contribution in [0.15, 0.2) is 0 Å². The van der Waals surface area contributed by atoms with Gasteiger partial charge in [-0.1, -0.05) is 0 Å². The molecular weight excluding hydrogens is 146 g/mol. The van der Waals surface area contributed by atoms with Crippen molar-refractivity contribution in [3.05, 3.63) is 0 Å². The van der Waals surface area contributed by atoms with Crippen LogP contribution in [-0.4, -0.2) is 50.5 Å². The molecule has 4 heteroatoms. The Kier molecular flexibility index (Phi) is 0.612. The average molecular weight is 174 g/mol. The minimum Gasteiger partial charge on any atom is -0.550 e. The van der Waals surface area contributed by atoms with Gasteiger partial charge in [0.15, 0.2) is 0 Å². The highest BCUT2D eigenvalue weighted by molar-refractivity contribution is 5.64. The van der Waals surface area contributed by atoms with Crippen molar-refractivity contribution in [2.24, 2.45) is 0 Å². The van der Waals surface area contributed by atoms with Gasteiger partial charge in [0.1, 0.15) is 12.6 Å². The largest absolute Gasteiger partial charge is 0.550 e. The molecule has 1 atom stereocenters. The summed E-state index contributed by atoms with van der Waals surface area (Å²) < 4.78 is 92.5. The molecule has 0 bridgehead atoms. The number of nitrogens with zero attached hydrogens (tertiary/aromatic N) is 1. The van der Waals surface area contributed by atoms with E-state index in [1.807, 2.05) is 0 Å². The summed E-state index contributed by atoms with van der Waals surface area (Å²) in [5.41, 5.74) is 0. The van der Waals surface area contributed by atoms with Crippen LogP contribution in [0.4, 0.5) is 0 Å². The Balaban J connectivity index is 7.03. The van der Waals surface area contributed by atoms with E-state index in [0.717, 1.165) is 0 Å². The van der Waals surface area contributed by atoms with Crippen molar-refractivity contribution in [3.8, 4) is 0 Å². The van der Waals surface area contributed by atoms with E-state index in [0.29, 0.717) is 0 Å². The molecule has 0 heterocycles. The first-order valence-corrected chi connectivity index (χ1v) is 2.46. The van der Waals surface area contributed by atoms with Crippen LogP contribution in [0.25, 0.3) is 0 Å². The Labute approximate surface area is 85.0 Å². The smallest absolute Gasteiger partial charge is 0.211 e. The second-order valence-electron chi connectivity index (χ2n) is 1.75. The van der Waals surface area contributed by atoms with Gasteiger partial charge in [0, 0.05) is 12.4 Å². The summed E-state index contributed by atoms with van der Waals surface area (Å²) in [6, 6.07) is 0. The van der Waals surface area contributed by atoms with Crippen molar-refractivity contribution in [3.63, 3.8) is 0 Å². The lowest BCUT2D eigenvalue weighted by Gasteiger charge is -2.26. The fraction of sp³-hybridized carbons (Fsp3) is 0.857. The van der Waals surface area contributed by atoms with Crippen LogP contribution >= 0.6 is 0 Å². The Morgan fingerprint density at radius 3 is 3.00 bits per heavy atom. The van der Waals surface area contributed by atoms with Crippen LogP contribution in [0.1, 0.15) is 22.9 Å². The van der Waals surface area contributed by atoms with Gasteiger partial charge in [0.25, 0.3) is 0 Å². The van der Waals surface area contributed by atoms with Crippen LogP contribution < -0.4 is 5.11 Å². The number of carboxylic acid groups (broad SMARTS) is 1. The molecule has 0 rings (SSSR count). The second-order valence-corrected chi connectivity index (χ2v) is 1.75. The van der Waals surface area contributed by atoms with Gasteiger partial charge in [0.2, 0.25) is 1.43 Å². The zero-order chi connectivity index (χ0) is 20.0. The quantitative estimate of drug-likeness (QED) is 0.500. The van der Waals surface area contributed by atoms with Gasteiger partial charge in [-0.15, -0.1) is 0 Å². The van der Waals surface area contributed by atoms with Crippen molar-refractivity contribution in [2.75, 3.05) is 27.4 Å². The van der Waals surface area contributed by atoms with Gasteiger partial charge in [-0.05, 0) is 0 Å². The molecule has 0 aliphatic rings. The summed E-state index contributed by atoms with van der Waals surface area (Å²) in [6.07, 6.45) is -5.49. The molecule has 66 valence electrons. The Hall–Kier alpha value is -0.610. The number of carbonyl (C=O) groups excluding carboxylic acids is 1. The standard InChI is InChI=1S/C7H15NO3/c1-8(2,3)5-6(9)4-7(10)11/h6,9H,4-5H2,1-3H3/t6-/m1/s1/i1D3,2D3,3D3,5D2,6D,9D. The van der Waals surface area contributed by atoms with Crippen LogP contribution in [0, 0.1) is 0 Å². The average Bonchev–Trinajstić information content (AvgIpc) is 2.20. The molecule has 0 fully saturated rings. The number of quaternary nitrogens is 1. The molecule has 0 aromatic rings. The maximum atomic E-state index is 10.7. The van der Waals surface area contributed by atoms with Crippen molar-refractivity contribution < 1.29 is 35.9 Å². The zero-order valence-corrected chi connectivity index (χ0v) is 5.38. The van der Waals surface area contributed by atoms with Crippen molar-refractivity contribution >= 4 is 5.97 Å². The van der Waals surface area contributed by atoms with E-state index in [1.54, 1.807) is 0 Å². The summed E-state index contributed by atoms with van der Waals surface area (Å²) in [7, 11) is 0. The van der Waals surface area contributed by atoms with Crippen molar-refractivity contribution in [2.45, 2.75) is 12.5 Å². The lowest BCUT2D eigenvalue weighted by Crippen LogP contribution is -2.43. The van der Waals surface area contributed by atoms with E-state index >= 15 is 0 Å². The molecule has 4 nitrogen and oxygen atoms in total. The third-order valence-corrected chi connectivity index (χ3v) is 0.597. The molecule has 0 unspecified atom stereocenters. The van der Waals surface area contributed by atoms with Gasteiger partial charge >= 0.3 is 0 Å². The van der Waals surface area contributed by atoms with E-state index in [1.165, 1.54) is 0 Å². The highest BCUT2D eigenvalue weighted by Crippen LogP contribution is 1.97. The van der Waals surface area contributed by atoms with Crippen molar-refractivity contribution in [1.29, 1.82) is 1.43 Å². The first kappa shape index (κ1) is 1.83. The molecule has 0 aromatic heterocycles. The second kappa shape index (κ2) is 3.69. The van der Waals surface area contributed by atoms with Crippen LogP contribution in [-0.2, 0) is 4.79 Å². The number of rotatable bonds is 5. The van der Waals surface area contributed by atoms with E-state index in [-0.39, 0.29) is 0 Å². The number of hydrogen-bond acceptors (Lipinski definition) is 3. The molecule has 0 spiro atoms. The van der Waals surface area contributed by atoms with Gasteiger partial charge < -0.3 is 19.5 Å². The predicted molar refractivity (Wildman–Crippen MR) is 38.5 cm³/mol. The van der Waals surface area contributed by atoms with E-state index < -0.39 is 50.4 Å². The third kappa shape index (κ3) is 7.29. The van der Waals surface area contributed by atoms with Gasteiger partial charge in [-0.25, -0.2) is 0 Å². The monoisotopic (exact) mass is 174 g/mol. The topological polar surface area (TPSA) is 60.4 Å². The van der Waals surface area contributed by atoms with Gasteiger partial charge in [-0.3, -0.25) is 0 Å². The first-order valence-electron chi connectivity index (χ1n) is 8.87. The molecule has 0 aliphatic carbocycles. The summed E-state index contributed by atoms with van der Waals surface area (Å²) in [6.45, 7) is -16.5. The maximum Gasteiger partial charge on any atom is 0.211 e. The number of carbonyl (C=O) groups is 1. The fourth-order valence-corrected chi connectivity index (χ4v) is 0.358. The molecule has 0 amide bonds. The summed E-state index contributed by atoms with van der Waals surface area (Å²) in [4.78, 5) is 10.7. The molecule has 0 saturated heterocycles. The number of aliphatic carboxylic acids is 1. The molecular formula is C7H15NO3. The Bertz CT molecular complexity index is 443. The number of likely N-dealkylation sites (N-methyl/N-ethyl adjacent to an activating group) is 1. The number of aliphatic hydroxyl groups is 1. The van der Waals surface area contributed by atoms with Crippen LogP contribution in [0.3, 0.4) is 0 Å². The van der Waals surface area contributed by atoms with Crippen LogP contribution in [0.5, 0.6) is 0 Å². The maximum absolute atomic E-state index is 10.7. The molecule has 0 aromatic carbocycles. The lowest BCUT2D eigenvalue weighted by molar-refractivity contribution is -0.873. The summed E-state index contributed by atoms with van der Waals surface area (Å²) >= 11 is 0. The van der Waals surface area contributed by atoms with Gasteiger partial charge in [-0.2, -0.15) is 0 Å². The zero-order valence-electron chi connectivity index (χ0n) is 18.4. The van der Waals surface area contributed by atoms with Crippen molar-refractivity contribution in [1.82, 2.24) is 0 Å². The lowest BCUT2D eigenvalue weighted by atomic mass is 10.2. The normalized spacial score (nSPS) is 39.5. The van der Waals surface area contributed by atoms with E-state index in [9.17, 15) is 9.90 Å². The number of hydrogen-bond donors (Lipinski definition) is 1. The number of carboxylic acids is 1. The highest BCUT2D eigenvalue weighted by Gasteiger charge is 2.14. The third-order valence-electron chi connectivity index (χ3n) is 0.597. The minimum absolute atomic E-state index is 1.79. The molecule has 11 heavy (non-hydrogen) atoms. The van der Waals surface area contributed by atoms with Crippen LogP contribution in [0.2, 0.25) is 0 Å².